The number of aromatic nitrogens is 3. The Bertz CT molecular complexity index is 772. The van der Waals surface area contributed by atoms with Crippen LogP contribution in [-0.2, 0) is 0 Å². The van der Waals surface area contributed by atoms with Crippen LogP contribution < -0.4 is 10.5 Å². The zero-order valence-electron chi connectivity index (χ0n) is 15.2. The van der Waals surface area contributed by atoms with E-state index in [0.717, 1.165) is 35.9 Å². The van der Waals surface area contributed by atoms with Crippen molar-refractivity contribution in [3.63, 3.8) is 0 Å². The smallest absolute Gasteiger partial charge is 0.254 e. The molecule has 0 amide bonds. The first-order valence-corrected chi connectivity index (χ1v) is 10.0. The van der Waals surface area contributed by atoms with E-state index in [-0.39, 0.29) is 5.56 Å². The maximum Gasteiger partial charge on any atom is 0.254 e. The quantitative estimate of drug-likeness (QED) is 0.905. The summed E-state index contributed by atoms with van der Waals surface area (Å²) in [5.74, 6) is 2.76. The summed E-state index contributed by atoms with van der Waals surface area (Å²) in [6, 6.07) is 4.05. The van der Waals surface area contributed by atoms with Crippen LogP contribution in [0.1, 0.15) is 37.4 Å². The van der Waals surface area contributed by atoms with Gasteiger partial charge in [0.1, 0.15) is 11.6 Å². The molecule has 5 nitrogen and oxygen atoms in total. The molecular formula is C19H26N4OS. The molecule has 0 spiro atoms. The number of anilines is 1. The molecule has 1 fully saturated rings. The highest BCUT2D eigenvalue weighted by Gasteiger charge is 2.19. The van der Waals surface area contributed by atoms with Crippen LogP contribution in [0, 0.1) is 13.8 Å². The predicted molar refractivity (Wildman–Crippen MR) is 106 cm³/mol. The van der Waals surface area contributed by atoms with E-state index in [4.69, 9.17) is 0 Å². The molecule has 6 heteroatoms. The van der Waals surface area contributed by atoms with Crippen molar-refractivity contribution in [1.29, 1.82) is 0 Å². The van der Waals surface area contributed by atoms with Gasteiger partial charge < -0.3 is 9.88 Å². The molecular weight excluding hydrogens is 332 g/mol. The lowest BCUT2D eigenvalue weighted by Crippen LogP contribution is -2.30. The fourth-order valence-electron chi connectivity index (χ4n) is 3.18. The molecule has 0 bridgehead atoms. The van der Waals surface area contributed by atoms with Crippen molar-refractivity contribution in [1.82, 2.24) is 15.0 Å². The van der Waals surface area contributed by atoms with E-state index in [9.17, 15) is 4.79 Å². The Morgan fingerprint density at radius 1 is 1.32 bits per heavy atom. The second kappa shape index (κ2) is 8.04. The van der Waals surface area contributed by atoms with E-state index in [0.29, 0.717) is 16.6 Å². The lowest BCUT2D eigenvalue weighted by molar-refractivity contribution is 0.735. The molecule has 1 saturated heterocycles. The highest BCUT2D eigenvalue weighted by atomic mass is 32.2. The third-order valence-corrected chi connectivity index (χ3v) is 5.96. The van der Waals surface area contributed by atoms with E-state index in [1.165, 1.54) is 19.3 Å². The highest BCUT2D eigenvalue weighted by Crippen LogP contribution is 2.25. The summed E-state index contributed by atoms with van der Waals surface area (Å²) >= 11 is 2.05. The Balaban J connectivity index is 1.81. The molecule has 3 heterocycles. The standard InChI is InChI=1S/C19H26N4OS/c1-4-25-16-7-5-6-10-23(12-16)17-9-8-15(11-20-17)18-21-14(3)13(2)19(24)22-18/h8-9,11,16H,4-7,10,12H2,1-3H3,(H,21,22,24). The van der Waals surface area contributed by atoms with Crippen LogP contribution >= 0.6 is 11.8 Å². The first-order valence-electron chi connectivity index (χ1n) is 8.99. The number of aromatic amines is 1. The average Bonchev–Trinajstić information content (AvgIpc) is 2.85. The molecule has 0 aliphatic carbocycles. The summed E-state index contributed by atoms with van der Waals surface area (Å²) in [6.45, 7) is 7.99. The van der Waals surface area contributed by atoms with Crippen LogP contribution in [0.25, 0.3) is 11.4 Å². The maximum atomic E-state index is 12.0. The van der Waals surface area contributed by atoms with E-state index in [1.807, 2.05) is 37.0 Å². The van der Waals surface area contributed by atoms with Crippen molar-refractivity contribution >= 4 is 17.6 Å². The first kappa shape index (κ1) is 18.0. The number of aryl methyl sites for hydroxylation is 1. The van der Waals surface area contributed by atoms with Crippen molar-refractivity contribution in [2.45, 2.75) is 45.3 Å². The summed E-state index contributed by atoms with van der Waals surface area (Å²) < 4.78 is 0. The van der Waals surface area contributed by atoms with Crippen LogP contribution in [0.15, 0.2) is 23.1 Å². The van der Waals surface area contributed by atoms with Gasteiger partial charge in [-0.15, -0.1) is 0 Å². The van der Waals surface area contributed by atoms with Gasteiger partial charge in [-0.2, -0.15) is 11.8 Å². The Morgan fingerprint density at radius 3 is 2.84 bits per heavy atom. The summed E-state index contributed by atoms with van der Waals surface area (Å²) in [4.78, 5) is 26.3. The fraction of sp³-hybridized carbons (Fsp3) is 0.526. The van der Waals surface area contributed by atoms with Crippen LogP contribution in [0.5, 0.6) is 0 Å². The summed E-state index contributed by atoms with van der Waals surface area (Å²) in [7, 11) is 0. The molecule has 2 aromatic heterocycles. The molecule has 1 aliphatic heterocycles. The summed E-state index contributed by atoms with van der Waals surface area (Å²) in [5, 5.41) is 0.687. The number of hydrogen-bond acceptors (Lipinski definition) is 5. The minimum atomic E-state index is -0.0847. The molecule has 25 heavy (non-hydrogen) atoms. The molecule has 1 aliphatic rings. The number of rotatable bonds is 4. The Kier molecular flexibility index (Phi) is 5.78. The summed E-state index contributed by atoms with van der Waals surface area (Å²) in [6.07, 6.45) is 5.62. The minimum Gasteiger partial charge on any atom is -0.356 e. The highest BCUT2D eigenvalue weighted by molar-refractivity contribution is 7.99. The first-order chi connectivity index (χ1) is 12.1. The zero-order valence-corrected chi connectivity index (χ0v) is 16.0. The molecule has 1 atom stereocenters. The van der Waals surface area contributed by atoms with Crippen LogP contribution in [0.2, 0.25) is 0 Å². The normalized spacial score (nSPS) is 18.2. The molecule has 0 saturated carbocycles. The van der Waals surface area contributed by atoms with Crippen LogP contribution in [0.4, 0.5) is 5.82 Å². The molecule has 2 aromatic rings. The van der Waals surface area contributed by atoms with E-state index in [1.54, 1.807) is 6.92 Å². The van der Waals surface area contributed by atoms with Gasteiger partial charge in [-0.05, 0) is 44.6 Å². The van der Waals surface area contributed by atoms with Crippen molar-refractivity contribution in [2.75, 3.05) is 23.7 Å². The Labute approximate surface area is 153 Å². The van der Waals surface area contributed by atoms with Crippen LogP contribution in [0.3, 0.4) is 0 Å². The number of nitrogens with zero attached hydrogens (tertiary/aromatic N) is 3. The number of pyridine rings is 1. The van der Waals surface area contributed by atoms with Gasteiger partial charge in [0, 0.05) is 41.4 Å². The molecule has 0 aromatic carbocycles. The fourth-order valence-corrected chi connectivity index (χ4v) is 4.27. The molecule has 3 rings (SSSR count). The second-order valence-electron chi connectivity index (χ2n) is 6.55. The largest absolute Gasteiger partial charge is 0.356 e. The lowest BCUT2D eigenvalue weighted by Gasteiger charge is -2.25. The monoisotopic (exact) mass is 358 g/mol. The minimum absolute atomic E-state index is 0.0847. The maximum absolute atomic E-state index is 12.0. The van der Waals surface area contributed by atoms with Gasteiger partial charge in [0.05, 0.1) is 0 Å². The van der Waals surface area contributed by atoms with E-state index in [2.05, 4.69) is 26.8 Å². The topological polar surface area (TPSA) is 61.9 Å². The van der Waals surface area contributed by atoms with Gasteiger partial charge in [0.25, 0.3) is 5.56 Å². The predicted octanol–water partition coefficient (Wildman–Crippen LogP) is 3.56. The van der Waals surface area contributed by atoms with Gasteiger partial charge in [-0.3, -0.25) is 4.79 Å². The zero-order chi connectivity index (χ0) is 17.8. The second-order valence-corrected chi connectivity index (χ2v) is 8.13. The van der Waals surface area contributed by atoms with Gasteiger partial charge in [0.2, 0.25) is 0 Å². The Hall–Kier alpha value is -1.82. The van der Waals surface area contributed by atoms with E-state index < -0.39 is 0 Å². The molecule has 1 N–H and O–H groups in total. The van der Waals surface area contributed by atoms with Crippen molar-refractivity contribution in [3.05, 3.63) is 39.9 Å². The third-order valence-electron chi connectivity index (χ3n) is 4.77. The van der Waals surface area contributed by atoms with E-state index >= 15 is 0 Å². The number of thioether (sulfide) groups is 1. The van der Waals surface area contributed by atoms with Crippen molar-refractivity contribution in [2.24, 2.45) is 0 Å². The van der Waals surface area contributed by atoms with Gasteiger partial charge in [-0.25, -0.2) is 9.97 Å². The number of H-pyrrole nitrogens is 1. The molecule has 0 radical (unpaired) electrons. The van der Waals surface area contributed by atoms with Gasteiger partial charge in [0.15, 0.2) is 0 Å². The summed E-state index contributed by atoms with van der Waals surface area (Å²) in [5.41, 5.74) is 2.18. The van der Waals surface area contributed by atoms with Gasteiger partial charge >= 0.3 is 0 Å². The van der Waals surface area contributed by atoms with Gasteiger partial charge in [-0.1, -0.05) is 13.3 Å². The Morgan fingerprint density at radius 2 is 2.16 bits per heavy atom. The van der Waals surface area contributed by atoms with Crippen molar-refractivity contribution < 1.29 is 0 Å². The van der Waals surface area contributed by atoms with Crippen molar-refractivity contribution in [3.8, 4) is 11.4 Å². The van der Waals surface area contributed by atoms with Crippen LogP contribution in [-0.4, -0.2) is 39.0 Å². The molecule has 1 unspecified atom stereocenters. The number of nitrogens with one attached hydrogen (secondary N) is 1. The molecule has 134 valence electrons. The lowest BCUT2D eigenvalue weighted by atomic mass is 10.2. The average molecular weight is 359 g/mol. The number of hydrogen-bond donors (Lipinski definition) is 1. The SMILES string of the molecule is CCSC1CCCCN(c2ccc(-c3nc(C)c(C)c(=O)[nH]3)cn2)C1. The third kappa shape index (κ3) is 4.24.